The van der Waals surface area contributed by atoms with Crippen LogP contribution in [0.4, 0.5) is 11.5 Å². The summed E-state index contributed by atoms with van der Waals surface area (Å²) in [4.78, 5) is 17.0. The summed E-state index contributed by atoms with van der Waals surface area (Å²) >= 11 is 0. The number of nitrogens with one attached hydrogen (secondary N) is 2. The average Bonchev–Trinajstić information content (AvgIpc) is 2.59. The first-order valence-corrected chi connectivity index (χ1v) is 7.97. The molecule has 0 amide bonds. The highest BCUT2D eigenvalue weighted by atomic mass is 16.5. The normalized spacial score (nSPS) is 12.1. The number of aliphatic hydroxyl groups excluding tert-OH is 1. The van der Waals surface area contributed by atoms with Crippen molar-refractivity contribution in [1.82, 2.24) is 25.3 Å². The van der Waals surface area contributed by atoms with Crippen LogP contribution in [0.15, 0.2) is 36.8 Å². The smallest absolute Gasteiger partial charge is 0.317 e. The second-order valence-corrected chi connectivity index (χ2v) is 5.58. The van der Waals surface area contributed by atoms with E-state index in [2.05, 4.69) is 30.6 Å². The number of hydrogen-bond acceptors (Lipinski definition) is 8. The van der Waals surface area contributed by atoms with E-state index in [0.29, 0.717) is 30.0 Å². The summed E-state index contributed by atoms with van der Waals surface area (Å²) in [6.07, 6.45) is 2.49. The van der Waals surface area contributed by atoms with Gasteiger partial charge in [-0.1, -0.05) is 12.1 Å². The number of ether oxygens (including phenoxy) is 1. The van der Waals surface area contributed by atoms with Crippen molar-refractivity contribution in [2.75, 3.05) is 18.5 Å². The Morgan fingerprint density at radius 2 is 2.12 bits per heavy atom. The lowest BCUT2D eigenvalue weighted by molar-refractivity contribution is 0.147. The van der Waals surface area contributed by atoms with Gasteiger partial charge in [-0.05, 0) is 31.5 Å². The molecule has 0 aliphatic carbocycles. The van der Waals surface area contributed by atoms with Crippen LogP contribution in [-0.4, -0.2) is 44.4 Å². The second kappa shape index (κ2) is 7.82. The van der Waals surface area contributed by atoms with Crippen LogP contribution in [0.1, 0.15) is 12.5 Å². The van der Waals surface area contributed by atoms with E-state index in [9.17, 15) is 0 Å². The summed E-state index contributed by atoms with van der Waals surface area (Å²) in [7, 11) is 0. The predicted molar refractivity (Wildman–Crippen MR) is 94.8 cm³/mol. The van der Waals surface area contributed by atoms with E-state index in [1.165, 1.54) is 6.33 Å². The number of aryl methyl sites for hydroxylation is 1. The van der Waals surface area contributed by atoms with Gasteiger partial charge in [0.25, 0.3) is 0 Å². The molecule has 0 fully saturated rings. The van der Waals surface area contributed by atoms with Gasteiger partial charge < -0.3 is 15.2 Å². The molecule has 1 unspecified atom stereocenters. The Balaban J connectivity index is 1.80. The number of fused-ring (bicyclic) bond motifs is 1. The van der Waals surface area contributed by atoms with Gasteiger partial charge in [-0.3, -0.25) is 5.32 Å². The average molecular weight is 340 g/mol. The molecule has 1 atom stereocenters. The molecule has 3 aromatic rings. The van der Waals surface area contributed by atoms with Gasteiger partial charge in [0.1, 0.15) is 30.2 Å². The van der Waals surface area contributed by atoms with Crippen LogP contribution in [-0.2, 0) is 0 Å². The molecule has 0 saturated heterocycles. The summed E-state index contributed by atoms with van der Waals surface area (Å²) in [5.74, 6) is 0.588. The van der Waals surface area contributed by atoms with Crippen LogP contribution in [0.25, 0.3) is 11.0 Å². The molecule has 2 aromatic heterocycles. The highest BCUT2D eigenvalue weighted by Crippen LogP contribution is 2.22. The first kappa shape index (κ1) is 17.0. The van der Waals surface area contributed by atoms with E-state index in [1.54, 1.807) is 13.1 Å². The first-order valence-electron chi connectivity index (χ1n) is 7.97. The van der Waals surface area contributed by atoms with Gasteiger partial charge in [0.2, 0.25) is 0 Å². The van der Waals surface area contributed by atoms with E-state index < -0.39 is 6.23 Å². The molecule has 25 heavy (non-hydrogen) atoms. The number of nitrogens with zero attached hydrogens (tertiary/aromatic N) is 4. The molecule has 0 aliphatic rings. The Hall–Kier alpha value is -2.84. The fourth-order valence-electron chi connectivity index (χ4n) is 2.27. The fraction of sp³-hybridized carbons (Fsp3) is 0.294. The third kappa shape index (κ3) is 4.59. The van der Waals surface area contributed by atoms with Crippen molar-refractivity contribution in [2.45, 2.75) is 20.1 Å². The lowest BCUT2D eigenvalue weighted by Gasteiger charge is -2.10. The maximum absolute atomic E-state index is 9.16. The van der Waals surface area contributed by atoms with Gasteiger partial charge in [-0.2, -0.15) is 4.98 Å². The zero-order chi connectivity index (χ0) is 17.6. The van der Waals surface area contributed by atoms with Crippen molar-refractivity contribution in [1.29, 1.82) is 0 Å². The molecule has 2 heterocycles. The Morgan fingerprint density at radius 1 is 1.24 bits per heavy atom. The van der Waals surface area contributed by atoms with Gasteiger partial charge >= 0.3 is 6.01 Å². The lowest BCUT2D eigenvalue weighted by atomic mass is 10.2. The van der Waals surface area contributed by atoms with Gasteiger partial charge in [0.15, 0.2) is 5.82 Å². The Kier molecular flexibility index (Phi) is 5.32. The minimum atomic E-state index is -0.584. The Bertz CT molecular complexity index is 855. The molecule has 8 heteroatoms. The fourth-order valence-corrected chi connectivity index (χ4v) is 2.27. The van der Waals surface area contributed by atoms with Crippen molar-refractivity contribution in [3.8, 4) is 6.01 Å². The van der Waals surface area contributed by atoms with Crippen LogP contribution >= 0.6 is 0 Å². The summed E-state index contributed by atoms with van der Waals surface area (Å²) in [6, 6.07) is 8.22. The van der Waals surface area contributed by atoms with E-state index in [-0.39, 0.29) is 6.01 Å². The molecule has 0 aliphatic heterocycles. The number of rotatable bonds is 7. The van der Waals surface area contributed by atoms with Gasteiger partial charge in [-0.15, -0.1) is 0 Å². The van der Waals surface area contributed by atoms with Crippen LogP contribution in [0, 0.1) is 6.92 Å². The molecule has 3 N–H and O–H groups in total. The van der Waals surface area contributed by atoms with Crippen molar-refractivity contribution >= 4 is 22.5 Å². The molecule has 0 spiro atoms. The highest BCUT2D eigenvalue weighted by Gasteiger charge is 2.09. The number of hydrogen-bond donors (Lipinski definition) is 3. The first-order chi connectivity index (χ1) is 12.1. The molecule has 0 radical (unpaired) electrons. The molecule has 0 bridgehead atoms. The van der Waals surface area contributed by atoms with Crippen LogP contribution in [0.3, 0.4) is 0 Å². The Morgan fingerprint density at radius 3 is 2.92 bits per heavy atom. The largest absolute Gasteiger partial charge is 0.462 e. The maximum Gasteiger partial charge on any atom is 0.317 e. The number of benzene rings is 1. The van der Waals surface area contributed by atoms with Gasteiger partial charge in [0, 0.05) is 12.2 Å². The number of aromatic nitrogens is 4. The van der Waals surface area contributed by atoms with Crippen molar-refractivity contribution in [2.24, 2.45) is 0 Å². The van der Waals surface area contributed by atoms with Crippen LogP contribution in [0.5, 0.6) is 6.01 Å². The van der Waals surface area contributed by atoms with Crippen LogP contribution < -0.4 is 15.4 Å². The SMILES string of the molecule is Cc1cccc(Nc2ncnc3cnc(OCCNC(C)O)nc23)c1. The molecular formula is C17H20N6O2. The second-order valence-electron chi connectivity index (χ2n) is 5.58. The topological polar surface area (TPSA) is 105 Å². The molecule has 0 saturated carbocycles. The zero-order valence-electron chi connectivity index (χ0n) is 14.1. The Labute approximate surface area is 145 Å². The lowest BCUT2D eigenvalue weighted by Crippen LogP contribution is -2.29. The number of anilines is 2. The molecular weight excluding hydrogens is 320 g/mol. The van der Waals surface area contributed by atoms with Crippen molar-refractivity contribution < 1.29 is 9.84 Å². The van der Waals surface area contributed by atoms with Crippen molar-refractivity contribution in [3.05, 3.63) is 42.4 Å². The van der Waals surface area contributed by atoms with E-state index in [4.69, 9.17) is 9.84 Å². The van der Waals surface area contributed by atoms with E-state index >= 15 is 0 Å². The van der Waals surface area contributed by atoms with Gasteiger partial charge in [-0.25, -0.2) is 15.0 Å². The van der Waals surface area contributed by atoms with Crippen molar-refractivity contribution in [3.63, 3.8) is 0 Å². The summed E-state index contributed by atoms with van der Waals surface area (Å²) in [6.45, 7) is 4.50. The maximum atomic E-state index is 9.16. The van der Waals surface area contributed by atoms with Gasteiger partial charge in [0.05, 0.1) is 6.20 Å². The highest BCUT2D eigenvalue weighted by molar-refractivity contribution is 5.86. The predicted octanol–water partition coefficient (Wildman–Crippen LogP) is 1.78. The summed E-state index contributed by atoms with van der Waals surface area (Å²) in [5, 5.41) is 15.3. The van der Waals surface area contributed by atoms with E-state index in [1.807, 2.05) is 31.2 Å². The zero-order valence-corrected chi connectivity index (χ0v) is 14.1. The molecule has 8 nitrogen and oxygen atoms in total. The molecule has 3 rings (SSSR count). The van der Waals surface area contributed by atoms with E-state index in [0.717, 1.165) is 11.3 Å². The standard InChI is InChI=1S/C17H20N6O2/c1-11-4-3-5-13(8-11)22-16-15-14(20-10-21-16)9-19-17(23-15)25-7-6-18-12(2)24/h3-5,8-10,12,18,24H,6-7H2,1-2H3,(H,20,21,22). The molecule has 1 aromatic carbocycles. The quantitative estimate of drug-likeness (QED) is 0.441. The number of aliphatic hydroxyl groups is 1. The van der Waals surface area contributed by atoms with Crippen LogP contribution in [0.2, 0.25) is 0 Å². The minimum absolute atomic E-state index is 0.238. The monoisotopic (exact) mass is 340 g/mol. The minimum Gasteiger partial charge on any atom is -0.462 e. The molecule has 130 valence electrons. The summed E-state index contributed by atoms with van der Waals surface area (Å²) in [5.41, 5.74) is 3.27. The third-order valence-corrected chi connectivity index (χ3v) is 3.41. The third-order valence-electron chi connectivity index (χ3n) is 3.41. The summed E-state index contributed by atoms with van der Waals surface area (Å²) < 4.78 is 5.51.